The molecule has 4 N–H and O–H groups in total. The summed E-state index contributed by atoms with van der Waals surface area (Å²) in [6, 6.07) is 2.73. The van der Waals surface area contributed by atoms with E-state index < -0.39 is 15.6 Å². The van der Waals surface area contributed by atoms with E-state index in [0.717, 1.165) is 0 Å². The summed E-state index contributed by atoms with van der Waals surface area (Å²) < 4.78 is 32.0. The zero-order chi connectivity index (χ0) is 16.3. The molecule has 0 saturated heterocycles. The number of hydrogen-bond acceptors (Lipinski definition) is 5. The zero-order valence-electron chi connectivity index (χ0n) is 11.7. The predicted octanol–water partition coefficient (Wildman–Crippen LogP) is 1.75. The number of aliphatic hydroxyl groups is 1. The fourth-order valence-electron chi connectivity index (χ4n) is 1.52. The van der Waals surface area contributed by atoms with Gasteiger partial charge in [0.1, 0.15) is 0 Å². The maximum Gasteiger partial charge on any atom is 0.241 e. The van der Waals surface area contributed by atoms with Crippen LogP contribution in [0.4, 0.5) is 5.69 Å². The molecule has 1 unspecified atom stereocenters. The van der Waals surface area contributed by atoms with Crippen molar-refractivity contribution in [2.75, 3.05) is 26.0 Å². The van der Waals surface area contributed by atoms with Crippen molar-refractivity contribution in [1.29, 1.82) is 0 Å². The third-order valence-corrected chi connectivity index (χ3v) is 5.60. The minimum Gasteiger partial charge on any atom is -0.398 e. The van der Waals surface area contributed by atoms with Gasteiger partial charge in [-0.1, -0.05) is 11.6 Å². The van der Waals surface area contributed by atoms with Crippen LogP contribution in [-0.2, 0) is 14.8 Å². The summed E-state index contributed by atoms with van der Waals surface area (Å²) in [4.78, 5) is -0.0740. The lowest BCUT2D eigenvalue weighted by Crippen LogP contribution is -2.41. The summed E-state index contributed by atoms with van der Waals surface area (Å²) in [6.45, 7) is 1.69. The average Bonchev–Trinajstić information content (AvgIpc) is 2.38. The van der Waals surface area contributed by atoms with Crippen molar-refractivity contribution in [3.8, 4) is 0 Å². The van der Waals surface area contributed by atoms with Crippen molar-refractivity contribution in [3.05, 3.63) is 21.6 Å². The zero-order valence-corrected chi connectivity index (χ0v) is 14.8. The molecule has 6 nitrogen and oxygen atoms in total. The van der Waals surface area contributed by atoms with Gasteiger partial charge in [0.2, 0.25) is 10.0 Å². The Balaban J connectivity index is 2.93. The van der Waals surface area contributed by atoms with E-state index in [0.29, 0.717) is 13.0 Å². The van der Waals surface area contributed by atoms with E-state index in [1.54, 1.807) is 0 Å². The Morgan fingerprint density at radius 1 is 1.52 bits per heavy atom. The fourth-order valence-corrected chi connectivity index (χ4v) is 3.97. The van der Waals surface area contributed by atoms with Gasteiger partial charge in [0.15, 0.2) is 0 Å². The van der Waals surface area contributed by atoms with Crippen molar-refractivity contribution in [2.24, 2.45) is 0 Å². The van der Waals surface area contributed by atoms with Crippen LogP contribution in [0.5, 0.6) is 0 Å². The highest BCUT2D eigenvalue weighted by molar-refractivity contribution is 9.10. The summed E-state index contributed by atoms with van der Waals surface area (Å²) in [5.41, 5.74) is 4.67. The Morgan fingerprint density at radius 3 is 2.71 bits per heavy atom. The second-order valence-corrected chi connectivity index (χ2v) is 7.84. The van der Waals surface area contributed by atoms with E-state index in [4.69, 9.17) is 22.1 Å². The highest BCUT2D eigenvalue weighted by atomic mass is 79.9. The number of nitrogens with two attached hydrogens (primary N) is 1. The molecule has 0 aliphatic heterocycles. The third-order valence-electron chi connectivity index (χ3n) is 2.81. The molecule has 1 aromatic rings. The number of nitrogens with one attached hydrogen (secondary N) is 1. The van der Waals surface area contributed by atoms with Crippen molar-refractivity contribution in [1.82, 2.24) is 4.72 Å². The molecule has 0 amide bonds. The number of sulfonamides is 1. The second-order valence-electron chi connectivity index (χ2n) is 4.87. The van der Waals surface area contributed by atoms with Crippen molar-refractivity contribution < 1.29 is 18.3 Å². The first-order valence-electron chi connectivity index (χ1n) is 6.04. The Hall–Kier alpha value is -0.380. The number of halogens is 2. The molecular formula is C12H18BrClN2O4S. The number of ether oxygens (including phenoxy) is 1. The Bertz CT molecular complexity index is 608. The summed E-state index contributed by atoms with van der Waals surface area (Å²) >= 11 is 8.96. The number of benzene rings is 1. The molecule has 21 heavy (non-hydrogen) atoms. The highest BCUT2D eigenvalue weighted by Gasteiger charge is 2.26. The van der Waals surface area contributed by atoms with Crippen LogP contribution in [0.2, 0.25) is 5.02 Å². The van der Waals surface area contributed by atoms with Crippen molar-refractivity contribution in [2.45, 2.75) is 23.8 Å². The topological polar surface area (TPSA) is 102 Å². The number of nitrogen functional groups attached to an aromatic ring is 1. The lowest BCUT2D eigenvalue weighted by Gasteiger charge is -2.23. The van der Waals surface area contributed by atoms with Gasteiger partial charge in [-0.25, -0.2) is 13.1 Å². The molecule has 1 rings (SSSR count). The normalized spacial score (nSPS) is 14.9. The van der Waals surface area contributed by atoms with Crippen LogP contribution in [0.3, 0.4) is 0 Å². The average molecular weight is 402 g/mol. The maximum absolute atomic E-state index is 12.3. The van der Waals surface area contributed by atoms with E-state index in [2.05, 4.69) is 20.7 Å². The number of rotatable bonds is 7. The van der Waals surface area contributed by atoms with Crippen LogP contribution in [0.15, 0.2) is 21.5 Å². The molecular weight excluding hydrogens is 384 g/mol. The molecule has 9 heteroatoms. The molecule has 0 bridgehead atoms. The fraction of sp³-hybridized carbons (Fsp3) is 0.500. The van der Waals surface area contributed by atoms with E-state index in [-0.39, 0.29) is 26.6 Å². The first kappa shape index (κ1) is 18.7. The van der Waals surface area contributed by atoms with Crippen LogP contribution in [0.1, 0.15) is 13.3 Å². The molecule has 0 spiro atoms. The molecule has 0 aliphatic rings. The summed E-state index contributed by atoms with van der Waals surface area (Å²) in [5, 5.41) is 10.3. The summed E-state index contributed by atoms with van der Waals surface area (Å²) in [5.74, 6) is 0. The molecule has 0 fully saturated rings. The van der Waals surface area contributed by atoms with Gasteiger partial charge in [0, 0.05) is 37.4 Å². The molecule has 1 atom stereocenters. The first-order valence-corrected chi connectivity index (χ1v) is 8.70. The van der Waals surface area contributed by atoms with Crippen molar-refractivity contribution in [3.63, 3.8) is 0 Å². The van der Waals surface area contributed by atoms with E-state index in [9.17, 15) is 13.5 Å². The van der Waals surface area contributed by atoms with E-state index >= 15 is 0 Å². The van der Waals surface area contributed by atoms with Gasteiger partial charge >= 0.3 is 0 Å². The molecule has 1 aromatic carbocycles. The Morgan fingerprint density at radius 2 is 2.14 bits per heavy atom. The van der Waals surface area contributed by atoms with Gasteiger partial charge < -0.3 is 15.6 Å². The van der Waals surface area contributed by atoms with E-state index in [1.807, 2.05) is 0 Å². The van der Waals surface area contributed by atoms with Gasteiger partial charge in [-0.2, -0.15) is 0 Å². The monoisotopic (exact) mass is 400 g/mol. The maximum atomic E-state index is 12.3. The first-order chi connectivity index (χ1) is 9.59. The highest BCUT2D eigenvalue weighted by Crippen LogP contribution is 2.31. The minimum atomic E-state index is -3.86. The molecule has 0 aliphatic carbocycles. The molecule has 0 radical (unpaired) electrons. The quantitative estimate of drug-likeness (QED) is 0.604. The van der Waals surface area contributed by atoms with E-state index in [1.165, 1.54) is 26.2 Å². The number of anilines is 1. The summed E-state index contributed by atoms with van der Waals surface area (Å²) in [7, 11) is -2.35. The Labute approximate surface area is 137 Å². The predicted molar refractivity (Wildman–Crippen MR) is 85.9 cm³/mol. The van der Waals surface area contributed by atoms with Gasteiger partial charge in [-0.15, -0.1) is 0 Å². The van der Waals surface area contributed by atoms with Crippen LogP contribution in [0, 0.1) is 0 Å². The third kappa shape index (κ3) is 5.39. The second kappa shape index (κ2) is 7.26. The lowest BCUT2D eigenvalue weighted by molar-refractivity contribution is 0.0292. The van der Waals surface area contributed by atoms with Crippen molar-refractivity contribution >= 4 is 43.2 Å². The van der Waals surface area contributed by atoms with Gasteiger partial charge in [-0.05, 0) is 35.0 Å². The van der Waals surface area contributed by atoms with Crippen LogP contribution in [-0.4, -0.2) is 39.4 Å². The number of hydrogen-bond donors (Lipinski definition) is 3. The largest absolute Gasteiger partial charge is 0.398 e. The minimum absolute atomic E-state index is 0.0740. The SMILES string of the molecule is COCCC(C)(O)CNS(=O)(=O)c1cc(Cl)cc(N)c1Br. The van der Waals surface area contributed by atoms with Gasteiger partial charge in [0.25, 0.3) is 0 Å². The van der Waals surface area contributed by atoms with Crippen LogP contribution >= 0.6 is 27.5 Å². The molecule has 0 heterocycles. The standard InChI is InChI=1S/C12H18BrClN2O4S/c1-12(17,3-4-20-2)7-16-21(18,19)10-6-8(14)5-9(15)11(10)13/h5-6,16-17H,3-4,7,15H2,1-2H3. The van der Waals surface area contributed by atoms with Gasteiger partial charge in [-0.3, -0.25) is 0 Å². The van der Waals surface area contributed by atoms with Gasteiger partial charge in [0.05, 0.1) is 15.0 Å². The number of methoxy groups -OCH3 is 1. The lowest BCUT2D eigenvalue weighted by atomic mass is 10.0. The molecule has 0 saturated carbocycles. The van der Waals surface area contributed by atoms with Crippen LogP contribution < -0.4 is 10.5 Å². The summed E-state index contributed by atoms with van der Waals surface area (Å²) in [6.07, 6.45) is 0.297. The Kier molecular flexibility index (Phi) is 6.45. The molecule has 120 valence electrons. The van der Waals surface area contributed by atoms with Crippen LogP contribution in [0.25, 0.3) is 0 Å². The smallest absolute Gasteiger partial charge is 0.241 e. The molecule has 0 aromatic heterocycles.